The zero-order chi connectivity index (χ0) is 12.8. The molecule has 2 fully saturated rings. The summed E-state index contributed by atoms with van der Waals surface area (Å²) in [6, 6.07) is 0. The summed E-state index contributed by atoms with van der Waals surface area (Å²) in [6.45, 7) is 1.79. The Labute approximate surface area is 103 Å². The number of methoxy groups -OCH3 is 1. The average molecular weight is 264 g/mol. The first kappa shape index (κ1) is 13.4. The molecule has 3 N–H and O–H groups in total. The van der Waals surface area contributed by atoms with Gasteiger partial charge in [-0.25, -0.2) is 4.21 Å². The third-order valence-corrected chi connectivity index (χ3v) is 6.13. The van der Waals surface area contributed by atoms with Crippen molar-refractivity contribution in [3.8, 4) is 0 Å². The van der Waals surface area contributed by atoms with E-state index >= 15 is 0 Å². The summed E-state index contributed by atoms with van der Waals surface area (Å²) >= 11 is -2.00. The van der Waals surface area contributed by atoms with Crippen LogP contribution < -0.4 is 0 Å². The van der Waals surface area contributed by atoms with Gasteiger partial charge in [0.05, 0.1) is 18.0 Å². The second kappa shape index (κ2) is 4.28. The maximum Gasteiger partial charge on any atom is 0.156 e. The molecule has 0 amide bonds. The number of aliphatic hydroxyl groups is 2. The van der Waals surface area contributed by atoms with Crippen LogP contribution in [0.5, 0.6) is 0 Å². The van der Waals surface area contributed by atoms with Gasteiger partial charge in [0.2, 0.25) is 0 Å². The van der Waals surface area contributed by atoms with Crippen molar-refractivity contribution in [1.82, 2.24) is 0 Å². The molecule has 0 heterocycles. The van der Waals surface area contributed by atoms with Gasteiger partial charge in [-0.2, -0.15) is 0 Å². The first-order chi connectivity index (χ1) is 7.97. The fourth-order valence-electron chi connectivity index (χ4n) is 4.09. The van der Waals surface area contributed by atoms with E-state index < -0.39 is 21.7 Å². The zero-order valence-electron chi connectivity index (χ0n) is 10.1. The van der Waals surface area contributed by atoms with Crippen molar-refractivity contribution in [1.29, 1.82) is 0 Å². The standard InChI is InChI=1S/C11H20O5S/c1-7-9(16-2)11(6-13)4-10(7,5-12)3-8(11)17(14)15/h7-9,12-13H,3-6H2,1-2H3,(H,14,15). The Morgan fingerprint density at radius 1 is 1.41 bits per heavy atom. The number of hydrogen-bond acceptors (Lipinski definition) is 4. The Morgan fingerprint density at radius 3 is 2.47 bits per heavy atom. The van der Waals surface area contributed by atoms with Crippen LogP contribution in [-0.2, 0) is 15.8 Å². The Bertz CT molecular complexity index is 336. The van der Waals surface area contributed by atoms with Crippen LogP contribution in [0.4, 0.5) is 0 Å². The molecule has 2 saturated carbocycles. The van der Waals surface area contributed by atoms with Gasteiger partial charge < -0.3 is 19.5 Å². The molecule has 0 aliphatic heterocycles. The molecule has 6 unspecified atom stereocenters. The minimum Gasteiger partial charge on any atom is -0.396 e. The van der Waals surface area contributed by atoms with Gasteiger partial charge in [0.1, 0.15) is 0 Å². The average Bonchev–Trinajstić information content (AvgIpc) is 2.78. The third-order valence-electron chi connectivity index (χ3n) is 5.01. The van der Waals surface area contributed by atoms with Gasteiger partial charge in [0.25, 0.3) is 0 Å². The van der Waals surface area contributed by atoms with Crippen LogP contribution in [0.25, 0.3) is 0 Å². The molecule has 0 spiro atoms. The zero-order valence-corrected chi connectivity index (χ0v) is 10.9. The molecule has 0 saturated heterocycles. The molecule has 2 aliphatic carbocycles. The Morgan fingerprint density at radius 2 is 2.06 bits per heavy atom. The quantitative estimate of drug-likeness (QED) is 0.622. The second-order valence-corrected chi connectivity index (χ2v) is 6.62. The molecule has 6 atom stereocenters. The second-order valence-electron chi connectivity index (χ2n) is 5.50. The molecule has 2 aliphatic rings. The van der Waals surface area contributed by atoms with Crippen LogP contribution in [0.3, 0.4) is 0 Å². The predicted octanol–water partition coefficient (Wildman–Crippen LogP) is -0.00740. The van der Waals surface area contributed by atoms with Gasteiger partial charge in [-0.1, -0.05) is 6.92 Å². The van der Waals surface area contributed by atoms with Crippen molar-refractivity contribution < 1.29 is 23.7 Å². The maximum atomic E-state index is 11.4. The van der Waals surface area contributed by atoms with Crippen LogP contribution in [0.1, 0.15) is 19.8 Å². The highest BCUT2D eigenvalue weighted by Crippen LogP contribution is 2.65. The summed E-state index contributed by atoms with van der Waals surface area (Å²) in [5.41, 5.74) is -1.07. The molecule has 0 aromatic rings. The number of aliphatic hydroxyl groups excluding tert-OH is 2. The van der Waals surface area contributed by atoms with Gasteiger partial charge in [0.15, 0.2) is 11.1 Å². The van der Waals surface area contributed by atoms with Gasteiger partial charge in [-0.05, 0) is 18.8 Å². The summed E-state index contributed by atoms with van der Waals surface area (Å²) in [5, 5.41) is 18.8. The van der Waals surface area contributed by atoms with E-state index in [0.717, 1.165) is 0 Å². The lowest BCUT2D eigenvalue weighted by Crippen LogP contribution is -2.51. The van der Waals surface area contributed by atoms with Crippen molar-refractivity contribution in [2.45, 2.75) is 31.1 Å². The molecular formula is C11H20O5S. The summed E-state index contributed by atoms with van der Waals surface area (Å²) in [6.07, 6.45) is 0.771. The van der Waals surface area contributed by atoms with Crippen LogP contribution in [-0.4, -0.2) is 50.7 Å². The van der Waals surface area contributed by atoms with Crippen molar-refractivity contribution in [2.75, 3.05) is 20.3 Å². The minimum absolute atomic E-state index is 0.0243. The SMILES string of the molecule is COC1C(C)C2(CO)CC(S(=O)O)C1(CO)C2. The van der Waals surface area contributed by atoms with Gasteiger partial charge >= 0.3 is 0 Å². The molecule has 6 heteroatoms. The van der Waals surface area contributed by atoms with E-state index in [1.807, 2.05) is 6.92 Å². The van der Waals surface area contributed by atoms with Gasteiger partial charge in [-0.3, -0.25) is 0 Å². The van der Waals surface area contributed by atoms with Crippen LogP contribution in [0, 0.1) is 16.7 Å². The first-order valence-electron chi connectivity index (χ1n) is 5.81. The number of hydrogen-bond donors (Lipinski definition) is 3. The van der Waals surface area contributed by atoms with Gasteiger partial charge in [0, 0.05) is 24.5 Å². The Kier molecular flexibility index (Phi) is 3.38. The molecule has 0 aromatic carbocycles. The largest absolute Gasteiger partial charge is 0.396 e. The molecule has 2 bridgehead atoms. The maximum absolute atomic E-state index is 11.4. The lowest BCUT2D eigenvalue weighted by Gasteiger charge is -2.42. The minimum atomic E-state index is -2.00. The smallest absolute Gasteiger partial charge is 0.156 e. The Balaban J connectivity index is 2.45. The van der Waals surface area contributed by atoms with E-state index in [2.05, 4.69) is 0 Å². The van der Waals surface area contributed by atoms with Crippen LogP contribution >= 0.6 is 0 Å². The fraction of sp³-hybridized carbons (Fsp3) is 1.00. The number of fused-ring (bicyclic) bond motifs is 2. The fourth-order valence-corrected chi connectivity index (χ4v) is 5.25. The van der Waals surface area contributed by atoms with E-state index in [4.69, 9.17) is 4.74 Å². The van der Waals surface area contributed by atoms with Crippen molar-refractivity contribution in [3.63, 3.8) is 0 Å². The first-order valence-corrected chi connectivity index (χ1v) is 6.98. The molecule has 0 aromatic heterocycles. The van der Waals surface area contributed by atoms with Crippen molar-refractivity contribution >= 4 is 11.1 Å². The third kappa shape index (κ3) is 1.55. The summed E-state index contributed by atoms with van der Waals surface area (Å²) in [7, 11) is 1.56. The lowest BCUT2D eigenvalue weighted by molar-refractivity contribution is -0.0654. The van der Waals surface area contributed by atoms with E-state index in [9.17, 15) is 19.0 Å². The van der Waals surface area contributed by atoms with E-state index in [1.165, 1.54) is 0 Å². The normalized spacial score (nSPS) is 50.8. The van der Waals surface area contributed by atoms with Gasteiger partial charge in [-0.15, -0.1) is 0 Å². The van der Waals surface area contributed by atoms with Crippen LogP contribution in [0.15, 0.2) is 0 Å². The molecule has 2 rings (SSSR count). The van der Waals surface area contributed by atoms with E-state index in [0.29, 0.717) is 12.8 Å². The molecular weight excluding hydrogens is 244 g/mol. The topological polar surface area (TPSA) is 87.0 Å². The lowest BCUT2D eigenvalue weighted by atomic mass is 9.72. The predicted molar refractivity (Wildman–Crippen MR) is 62.8 cm³/mol. The molecule has 5 nitrogen and oxygen atoms in total. The highest BCUT2D eigenvalue weighted by Gasteiger charge is 2.69. The summed E-state index contributed by atoms with van der Waals surface area (Å²) in [4.78, 5) is 0. The van der Waals surface area contributed by atoms with E-state index in [-0.39, 0.29) is 30.7 Å². The molecule has 0 radical (unpaired) electrons. The highest BCUT2D eigenvalue weighted by molar-refractivity contribution is 7.80. The number of ether oxygens (including phenoxy) is 1. The monoisotopic (exact) mass is 264 g/mol. The summed E-state index contributed by atoms with van der Waals surface area (Å²) < 4.78 is 26.3. The summed E-state index contributed by atoms with van der Waals surface area (Å²) in [5.74, 6) is 0.0875. The highest BCUT2D eigenvalue weighted by atomic mass is 32.2. The molecule has 100 valence electrons. The van der Waals surface area contributed by atoms with Crippen molar-refractivity contribution in [3.05, 3.63) is 0 Å². The molecule has 17 heavy (non-hydrogen) atoms. The Hall–Kier alpha value is -0.0100. The van der Waals surface area contributed by atoms with E-state index in [1.54, 1.807) is 7.11 Å². The number of rotatable bonds is 4. The van der Waals surface area contributed by atoms with Crippen molar-refractivity contribution in [2.24, 2.45) is 16.7 Å². The van der Waals surface area contributed by atoms with Crippen LogP contribution in [0.2, 0.25) is 0 Å².